The van der Waals surface area contributed by atoms with E-state index in [2.05, 4.69) is 0 Å². The van der Waals surface area contributed by atoms with Crippen LogP contribution in [-0.2, 0) is 21.3 Å². The van der Waals surface area contributed by atoms with Gasteiger partial charge in [0.25, 0.3) is 0 Å². The fraction of sp³-hybridized carbons (Fsp3) is 0.267. The van der Waals surface area contributed by atoms with Gasteiger partial charge in [0.05, 0.1) is 19.7 Å². The Morgan fingerprint density at radius 2 is 1.68 bits per heavy atom. The van der Waals surface area contributed by atoms with Gasteiger partial charge in [-0.3, -0.25) is 4.79 Å². The van der Waals surface area contributed by atoms with Crippen LogP contribution < -0.4 is 4.74 Å². The van der Waals surface area contributed by atoms with E-state index in [1.54, 1.807) is 19.2 Å². The van der Waals surface area contributed by atoms with Gasteiger partial charge in [0.15, 0.2) is 0 Å². The van der Waals surface area contributed by atoms with Crippen molar-refractivity contribution in [2.75, 3.05) is 14.2 Å². The summed E-state index contributed by atoms with van der Waals surface area (Å²) in [7, 11) is 4.07. The zero-order valence-electron chi connectivity index (χ0n) is 12.6. The van der Waals surface area contributed by atoms with Gasteiger partial charge in [-0.05, 0) is 12.1 Å². The smallest absolute Gasteiger partial charge is 0.355 e. The molecule has 0 aliphatic carbocycles. The molecule has 7 heteroatoms. The maximum absolute atomic E-state index is 12.0. The van der Waals surface area contributed by atoms with Gasteiger partial charge in [-0.1, -0.05) is 0 Å². The van der Waals surface area contributed by atoms with Crippen LogP contribution in [0.5, 0.6) is 5.75 Å². The molecule has 0 N–H and O–H groups in total. The van der Waals surface area contributed by atoms with Crippen LogP contribution in [0.15, 0.2) is 18.2 Å². The Bertz CT molecular complexity index is 774. The second kappa shape index (κ2) is 5.88. The lowest BCUT2D eigenvalue weighted by Gasteiger charge is -2.04. The van der Waals surface area contributed by atoms with Crippen LogP contribution in [-0.4, -0.2) is 36.7 Å². The minimum absolute atomic E-state index is 0.0734. The van der Waals surface area contributed by atoms with Crippen molar-refractivity contribution in [1.29, 1.82) is 0 Å². The third kappa shape index (κ3) is 2.52. The molecule has 1 aromatic carbocycles. The number of ether oxygens (including phenoxy) is 3. The van der Waals surface area contributed by atoms with Crippen molar-refractivity contribution in [2.24, 2.45) is 7.05 Å². The van der Waals surface area contributed by atoms with Crippen LogP contribution in [0.2, 0.25) is 0 Å². The minimum atomic E-state index is -0.659. The van der Waals surface area contributed by atoms with Crippen molar-refractivity contribution in [3.63, 3.8) is 0 Å². The first kappa shape index (κ1) is 15.6. The summed E-state index contributed by atoms with van der Waals surface area (Å²) in [6.07, 6.45) is 0. The van der Waals surface area contributed by atoms with Crippen molar-refractivity contribution in [2.45, 2.75) is 6.92 Å². The Balaban J connectivity index is 2.76. The second-order valence-electron chi connectivity index (χ2n) is 4.54. The number of carbonyl (C=O) groups is 3. The molecular formula is C15H15NO6. The summed E-state index contributed by atoms with van der Waals surface area (Å²) in [5, 5.41) is 0.505. The van der Waals surface area contributed by atoms with E-state index in [0.717, 1.165) is 0 Å². The molecule has 2 aromatic rings. The minimum Gasteiger partial charge on any atom is -0.465 e. The first-order valence-corrected chi connectivity index (χ1v) is 6.38. The Morgan fingerprint density at radius 3 is 2.23 bits per heavy atom. The maximum atomic E-state index is 12.0. The number of hydrogen-bond acceptors (Lipinski definition) is 6. The number of fused-ring (bicyclic) bond motifs is 1. The lowest BCUT2D eigenvalue weighted by Crippen LogP contribution is -2.13. The summed E-state index contributed by atoms with van der Waals surface area (Å²) < 4.78 is 16.0. The molecule has 0 aliphatic heterocycles. The predicted octanol–water partition coefficient (Wildman–Crippen LogP) is 1.68. The fourth-order valence-corrected chi connectivity index (χ4v) is 2.29. The quantitative estimate of drug-likeness (QED) is 0.633. The summed E-state index contributed by atoms with van der Waals surface area (Å²) >= 11 is 0. The molecule has 0 unspecified atom stereocenters. The van der Waals surface area contributed by atoms with E-state index in [1.807, 2.05) is 0 Å². The van der Waals surface area contributed by atoms with E-state index in [1.165, 1.54) is 31.8 Å². The van der Waals surface area contributed by atoms with Gasteiger partial charge >= 0.3 is 17.9 Å². The number of rotatable bonds is 3. The van der Waals surface area contributed by atoms with E-state index >= 15 is 0 Å². The van der Waals surface area contributed by atoms with Gasteiger partial charge in [-0.2, -0.15) is 0 Å². The molecule has 0 spiro atoms. The average Bonchev–Trinajstić information content (AvgIpc) is 2.78. The Morgan fingerprint density at radius 1 is 1.05 bits per heavy atom. The highest BCUT2D eigenvalue weighted by molar-refractivity contribution is 6.13. The van der Waals surface area contributed by atoms with Crippen LogP contribution in [0.25, 0.3) is 10.9 Å². The molecule has 1 aromatic heterocycles. The van der Waals surface area contributed by atoms with Crippen LogP contribution >= 0.6 is 0 Å². The van der Waals surface area contributed by atoms with E-state index in [9.17, 15) is 14.4 Å². The molecule has 116 valence electrons. The number of methoxy groups -OCH3 is 2. The van der Waals surface area contributed by atoms with Crippen molar-refractivity contribution in [3.05, 3.63) is 29.5 Å². The standard InChI is InChI=1S/C15H15NO6/c1-8(17)22-9-5-6-10-11(7-9)16(2)13(15(19)21-4)12(10)14(18)20-3/h5-7H,1-4H3. The molecule has 22 heavy (non-hydrogen) atoms. The zero-order valence-corrected chi connectivity index (χ0v) is 12.6. The van der Waals surface area contributed by atoms with Gasteiger partial charge in [0, 0.05) is 25.4 Å². The summed E-state index contributed by atoms with van der Waals surface area (Å²) in [5.41, 5.74) is 0.727. The Labute approximate surface area is 126 Å². The average molecular weight is 305 g/mol. The third-order valence-electron chi connectivity index (χ3n) is 3.20. The second-order valence-corrected chi connectivity index (χ2v) is 4.54. The number of benzene rings is 1. The molecule has 0 amide bonds. The first-order valence-electron chi connectivity index (χ1n) is 6.38. The molecule has 2 rings (SSSR count). The molecule has 0 bridgehead atoms. The highest BCUT2D eigenvalue weighted by atomic mass is 16.5. The van der Waals surface area contributed by atoms with Gasteiger partial charge in [0.2, 0.25) is 0 Å². The number of aromatic nitrogens is 1. The van der Waals surface area contributed by atoms with Crippen LogP contribution in [0.1, 0.15) is 27.8 Å². The number of esters is 3. The van der Waals surface area contributed by atoms with Crippen LogP contribution in [0.4, 0.5) is 0 Å². The molecule has 1 heterocycles. The first-order chi connectivity index (χ1) is 10.4. The summed E-state index contributed by atoms with van der Waals surface area (Å²) in [5.74, 6) is -1.46. The third-order valence-corrected chi connectivity index (χ3v) is 3.20. The van der Waals surface area contributed by atoms with Gasteiger partial charge < -0.3 is 18.8 Å². The van der Waals surface area contributed by atoms with Crippen LogP contribution in [0, 0.1) is 0 Å². The maximum Gasteiger partial charge on any atom is 0.355 e. The predicted molar refractivity (Wildman–Crippen MR) is 76.9 cm³/mol. The molecular weight excluding hydrogens is 290 g/mol. The molecule has 0 fully saturated rings. The normalized spacial score (nSPS) is 10.4. The number of aryl methyl sites for hydroxylation is 1. The summed E-state index contributed by atoms with van der Waals surface area (Å²) in [4.78, 5) is 35.0. The number of hydrogen-bond donors (Lipinski definition) is 0. The van der Waals surface area contributed by atoms with Gasteiger partial charge in [-0.15, -0.1) is 0 Å². The lowest BCUT2D eigenvalue weighted by atomic mass is 10.1. The zero-order chi connectivity index (χ0) is 16.4. The molecule has 0 radical (unpaired) electrons. The van der Waals surface area contributed by atoms with Crippen molar-refractivity contribution in [3.8, 4) is 5.75 Å². The molecule has 7 nitrogen and oxygen atoms in total. The SMILES string of the molecule is COC(=O)c1c(C(=O)OC)n(C)c2cc(OC(C)=O)ccc12. The highest BCUT2D eigenvalue weighted by Crippen LogP contribution is 2.30. The number of carbonyl (C=O) groups excluding carboxylic acids is 3. The molecule has 0 saturated carbocycles. The van der Waals surface area contributed by atoms with E-state index in [0.29, 0.717) is 16.7 Å². The van der Waals surface area contributed by atoms with E-state index in [4.69, 9.17) is 14.2 Å². The number of nitrogens with zero attached hydrogens (tertiary/aromatic N) is 1. The summed E-state index contributed by atoms with van der Waals surface area (Å²) in [6.45, 7) is 1.29. The van der Waals surface area contributed by atoms with Crippen LogP contribution in [0.3, 0.4) is 0 Å². The van der Waals surface area contributed by atoms with Gasteiger partial charge in [-0.25, -0.2) is 9.59 Å². The van der Waals surface area contributed by atoms with Crippen molar-refractivity contribution < 1.29 is 28.6 Å². The Hall–Kier alpha value is -2.83. The molecule has 0 atom stereocenters. The highest BCUT2D eigenvalue weighted by Gasteiger charge is 2.27. The topological polar surface area (TPSA) is 83.8 Å². The lowest BCUT2D eigenvalue weighted by molar-refractivity contribution is -0.131. The molecule has 0 aliphatic rings. The monoisotopic (exact) mass is 305 g/mol. The summed E-state index contributed by atoms with van der Waals surface area (Å²) in [6, 6.07) is 4.69. The van der Waals surface area contributed by atoms with Crippen molar-refractivity contribution in [1.82, 2.24) is 4.57 Å². The van der Waals surface area contributed by atoms with Gasteiger partial charge in [0.1, 0.15) is 17.0 Å². The largest absolute Gasteiger partial charge is 0.465 e. The fourth-order valence-electron chi connectivity index (χ4n) is 2.29. The van der Waals surface area contributed by atoms with E-state index in [-0.39, 0.29) is 11.3 Å². The molecule has 0 saturated heterocycles. The van der Waals surface area contributed by atoms with Crippen molar-refractivity contribution >= 4 is 28.8 Å². The van der Waals surface area contributed by atoms with E-state index < -0.39 is 17.9 Å². The Kier molecular flexibility index (Phi) is 4.16.